The van der Waals surface area contributed by atoms with Crippen molar-refractivity contribution in [1.82, 2.24) is 0 Å². The minimum Gasteiger partial charge on any atom is -0.494 e. The van der Waals surface area contributed by atoms with Crippen molar-refractivity contribution in [3.8, 4) is 11.8 Å². The maximum atomic E-state index is 12.4. The van der Waals surface area contributed by atoms with Gasteiger partial charge in [-0.05, 0) is 49.7 Å². The summed E-state index contributed by atoms with van der Waals surface area (Å²) >= 11 is 0. The van der Waals surface area contributed by atoms with Crippen molar-refractivity contribution in [3.63, 3.8) is 0 Å². The van der Waals surface area contributed by atoms with Gasteiger partial charge in [-0.1, -0.05) is 25.5 Å². The van der Waals surface area contributed by atoms with Crippen LogP contribution >= 0.6 is 0 Å². The molecule has 156 valence electrons. The summed E-state index contributed by atoms with van der Waals surface area (Å²) in [5, 5.41) is 14.9. The fourth-order valence-corrected chi connectivity index (χ4v) is 2.47. The molecule has 0 aliphatic carbocycles. The first-order chi connectivity index (χ1) is 14.6. The van der Waals surface area contributed by atoms with Crippen molar-refractivity contribution in [1.29, 1.82) is 5.26 Å². The SMILES string of the molecule is CCCCOC(=O)c1ccccc1N/C=C(/C#N)C(=O)Nc1ccc(OCC)cc1. The number of para-hydroxylation sites is 1. The van der Waals surface area contributed by atoms with E-state index < -0.39 is 11.9 Å². The van der Waals surface area contributed by atoms with Crippen LogP contribution in [0.5, 0.6) is 5.75 Å². The number of carbonyl (C=O) groups excluding carboxylic acids is 2. The van der Waals surface area contributed by atoms with Crippen LogP contribution in [0.25, 0.3) is 0 Å². The Morgan fingerprint density at radius 3 is 2.50 bits per heavy atom. The number of hydrogen-bond acceptors (Lipinski definition) is 6. The average Bonchev–Trinajstić information content (AvgIpc) is 2.76. The predicted molar refractivity (Wildman–Crippen MR) is 115 cm³/mol. The molecule has 1 amide bonds. The van der Waals surface area contributed by atoms with E-state index in [1.807, 2.05) is 19.9 Å². The lowest BCUT2D eigenvalue weighted by Gasteiger charge is -2.10. The highest BCUT2D eigenvalue weighted by atomic mass is 16.5. The van der Waals surface area contributed by atoms with E-state index in [1.54, 1.807) is 48.5 Å². The molecule has 0 bridgehead atoms. The predicted octanol–water partition coefficient (Wildman–Crippen LogP) is 4.50. The van der Waals surface area contributed by atoms with Crippen molar-refractivity contribution in [2.45, 2.75) is 26.7 Å². The molecule has 0 aliphatic rings. The number of nitrogens with one attached hydrogen (secondary N) is 2. The normalized spacial score (nSPS) is 10.6. The number of esters is 1. The second-order valence-corrected chi connectivity index (χ2v) is 6.26. The monoisotopic (exact) mass is 407 g/mol. The summed E-state index contributed by atoms with van der Waals surface area (Å²) in [6.07, 6.45) is 2.97. The Morgan fingerprint density at radius 2 is 1.83 bits per heavy atom. The number of ether oxygens (including phenoxy) is 2. The molecule has 0 radical (unpaired) electrons. The summed E-state index contributed by atoms with van der Waals surface area (Å²) in [4.78, 5) is 24.7. The van der Waals surface area contributed by atoms with Gasteiger partial charge in [-0.25, -0.2) is 4.79 Å². The highest BCUT2D eigenvalue weighted by Crippen LogP contribution is 2.18. The molecule has 2 N–H and O–H groups in total. The molecule has 0 saturated heterocycles. The number of unbranched alkanes of at least 4 members (excludes halogenated alkanes) is 1. The van der Waals surface area contributed by atoms with E-state index in [2.05, 4.69) is 10.6 Å². The number of anilines is 2. The van der Waals surface area contributed by atoms with Crippen LogP contribution in [0.1, 0.15) is 37.0 Å². The standard InChI is InChI=1S/C23H25N3O4/c1-3-5-14-30-23(28)20-8-6-7-9-21(20)25-16-17(15-24)22(27)26-18-10-12-19(13-11-18)29-4-2/h6-13,16,25H,3-5,14H2,1-2H3,(H,26,27)/b17-16-. The first-order valence-corrected chi connectivity index (χ1v) is 9.76. The smallest absolute Gasteiger partial charge is 0.340 e. The van der Waals surface area contributed by atoms with Gasteiger partial charge in [-0.2, -0.15) is 5.26 Å². The number of carbonyl (C=O) groups is 2. The minimum absolute atomic E-state index is 0.141. The van der Waals surface area contributed by atoms with E-state index in [9.17, 15) is 14.9 Å². The van der Waals surface area contributed by atoms with Crippen molar-refractivity contribution >= 4 is 23.3 Å². The van der Waals surface area contributed by atoms with Gasteiger partial charge in [0.2, 0.25) is 0 Å². The third-order valence-electron chi connectivity index (χ3n) is 4.04. The van der Waals surface area contributed by atoms with E-state index in [1.165, 1.54) is 6.20 Å². The molecule has 7 heteroatoms. The number of hydrogen-bond donors (Lipinski definition) is 2. The molecule has 2 rings (SSSR count). The molecule has 30 heavy (non-hydrogen) atoms. The molecular weight excluding hydrogens is 382 g/mol. The Hall–Kier alpha value is -3.79. The second kappa shape index (κ2) is 11.9. The molecule has 2 aromatic carbocycles. The molecular formula is C23H25N3O4. The molecule has 0 aromatic heterocycles. The van der Waals surface area contributed by atoms with Crippen LogP contribution in [0.4, 0.5) is 11.4 Å². The summed E-state index contributed by atoms with van der Waals surface area (Å²) in [6.45, 7) is 4.78. The number of nitriles is 1. The molecule has 0 heterocycles. The van der Waals surface area contributed by atoms with Crippen LogP contribution in [0.15, 0.2) is 60.3 Å². The quantitative estimate of drug-likeness (QED) is 0.260. The van der Waals surface area contributed by atoms with Crippen molar-refractivity contribution < 1.29 is 19.1 Å². The maximum absolute atomic E-state index is 12.4. The first-order valence-electron chi connectivity index (χ1n) is 9.76. The van der Waals surface area contributed by atoms with Gasteiger partial charge in [0.05, 0.1) is 24.5 Å². The summed E-state index contributed by atoms with van der Waals surface area (Å²) in [5.41, 5.74) is 1.16. The Bertz CT molecular complexity index is 930. The van der Waals surface area contributed by atoms with Gasteiger partial charge in [-0.3, -0.25) is 4.79 Å². The van der Waals surface area contributed by atoms with Gasteiger partial charge in [0.25, 0.3) is 5.91 Å². The fraction of sp³-hybridized carbons (Fsp3) is 0.261. The molecule has 2 aromatic rings. The lowest BCUT2D eigenvalue weighted by Crippen LogP contribution is -2.15. The molecule has 0 unspecified atom stereocenters. The van der Waals surface area contributed by atoms with Gasteiger partial charge in [0, 0.05) is 11.9 Å². The minimum atomic E-state index is -0.572. The summed E-state index contributed by atoms with van der Waals surface area (Å²) in [7, 11) is 0. The topological polar surface area (TPSA) is 100 Å². The first kappa shape index (κ1) is 22.5. The fourth-order valence-electron chi connectivity index (χ4n) is 2.47. The summed E-state index contributed by atoms with van der Waals surface area (Å²) in [6, 6.07) is 15.4. The average molecular weight is 407 g/mol. The Kier molecular flexibility index (Phi) is 8.94. The highest BCUT2D eigenvalue weighted by molar-refractivity contribution is 6.07. The molecule has 7 nitrogen and oxygen atoms in total. The van der Waals surface area contributed by atoms with Gasteiger partial charge in [0.15, 0.2) is 0 Å². The molecule has 0 aliphatic heterocycles. The van der Waals surface area contributed by atoms with Crippen molar-refractivity contribution in [3.05, 3.63) is 65.9 Å². The van der Waals surface area contributed by atoms with Crippen LogP contribution in [0.2, 0.25) is 0 Å². The van der Waals surface area contributed by atoms with Crippen LogP contribution in [0.3, 0.4) is 0 Å². The number of benzene rings is 2. The third-order valence-corrected chi connectivity index (χ3v) is 4.04. The maximum Gasteiger partial charge on any atom is 0.340 e. The Morgan fingerprint density at radius 1 is 1.10 bits per heavy atom. The third kappa shape index (κ3) is 6.67. The largest absolute Gasteiger partial charge is 0.494 e. The molecule has 0 saturated carbocycles. The lowest BCUT2D eigenvalue weighted by atomic mass is 10.1. The van der Waals surface area contributed by atoms with E-state index in [0.717, 1.165) is 12.8 Å². The Labute approximate surface area is 176 Å². The van der Waals surface area contributed by atoms with Gasteiger partial charge in [-0.15, -0.1) is 0 Å². The summed E-state index contributed by atoms with van der Waals surface area (Å²) < 4.78 is 10.6. The van der Waals surface area contributed by atoms with Gasteiger partial charge < -0.3 is 20.1 Å². The number of nitrogens with zero attached hydrogens (tertiary/aromatic N) is 1. The van der Waals surface area contributed by atoms with Crippen LogP contribution < -0.4 is 15.4 Å². The van der Waals surface area contributed by atoms with Gasteiger partial charge in [0.1, 0.15) is 17.4 Å². The van der Waals surface area contributed by atoms with E-state index in [-0.39, 0.29) is 5.57 Å². The van der Waals surface area contributed by atoms with Crippen LogP contribution in [-0.2, 0) is 9.53 Å². The van der Waals surface area contributed by atoms with E-state index in [0.29, 0.717) is 35.9 Å². The molecule has 0 fully saturated rings. The van der Waals surface area contributed by atoms with E-state index in [4.69, 9.17) is 9.47 Å². The summed E-state index contributed by atoms with van der Waals surface area (Å²) in [5.74, 6) is -0.342. The zero-order chi connectivity index (χ0) is 21.8. The molecule has 0 atom stereocenters. The zero-order valence-electron chi connectivity index (χ0n) is 17.1. The molecule has 0 spiro atoms. The van der Waals surface area contributed by atoms with Crippen molar-refractivity contribution in [2.75, 3.05) is 23.8 Å². The Balaban J connectivity index is 2.07. The second-order valence-electron chi connectivity index (χ2n) is 6.26. The van der Waals surface area contributed by atoms with Crippen LogP contribution in [0, 0.1) is 11.3 Å². The number of rotatable bonds is 10. The zero-order valence-corrected chi connectivity index (χ0v) is 17.1. The number of amides is 1. The highest BCUT2D eigenvalue weighted by Gasteiger charge is 2.13. The lowest BCUT2D eigenvalue weighted by molar-refractivity contribution is -0.112. The van der Waals surface area contributed by atoms with Crippen LogP contribution in [-0.4, -0.2) is 25.1 Å². The van der Waals surface area contributed by atoms with E-state index >= 15 is 0 Å². The van der Waals surface area contributed by atoms with Gasteiger partial charge >= 0.3 is 5.97 Å². The van der Waals surface area contributed by atoms with Crippen molar-refractivity contribution in [2.24, 2.45) is 0 Å².